The fourth-order valence-electron chi connectivity index (χ4n) is 1.40. The molecule has 0 saturated heterocycles. The van der Waals surface area contributed by atoms with Gasteiger partial charge in [0.25, 0.3) is 0 Å². The molecule has 0 amide bonds. The summed E-state index contributed by atoms with van der Waals surface area (Å²) >= 11 is 0. The first kappa shape index (κ1) is 12.4. The molecular weight excluding hydrogens is 206 g/mol. The molecule has 0 radical (unpaired) electrons. The number of anilines is 1. The van der Waals surface area contributed by atoms with Crippen molar-refractivity contribution in [3.05, 3.63) is 23.8 Å². The standard InChI is InChI=1S/C12H17NO3/c1-4-16-12(14)8(2)9-5-6-10(13)11(7-9)15-3/h5-8H,4,13H2,1-3H3/t8-/m1/s1. The minimum atomic E-state index is -0.311. The summed E-state index contributed by atoms with van der Waals surface area (Å²) in [6.07, 6.45) is 0. The van der Waals surface area contributed by atoms with Crippen molar-refractivity contribution in [3.8, 4) is 5.75 Å². The molecule has 2 N–H and O–H groups in total. The van der Waals surface area contributed by atoms with Crippen molar-refractivity contribution < 1.29 is 14.3 Å². The summed E-state index contributed by atoms with van der Waals surface area (Å²) in [5.41, 5.74) is 7.09. The lowest BCUT2D eigenvalue weighted by Crippen LogP contribution is -2.13. The van der Waals surface area contributed by atoms with Gasteiger partial charge in [-0.25, -0.2) is 0 Å². The van der Waals surface area contributed by atoms with E-state index >= 15 is 0 Å². The van der Waals surface area contributed by atoms with E-state index in [9.17, 15) is 4.79 Å². The number of ether oxygens (including phenoxy) is 2. The lowest BCUT2D eigenvalue weighted by atomic mass is 10.0. The molecule has 0 saturated carbocycles. The minimum Gasteiger partial charge on any atom is -0.495 e. The first-order valence-corrected chi connectivity index (χ1v) is 5.20. The van der Waals surface area contributed by atoms with E-state index < -0.39 is 0 Å². The lowest BCUT2D eigenvalue weighted by molar-refractivity contribution is -0.144. The summed E-state index contributed by atoms with van der Waals surface area (Å²) < 4.78 is 10.0. The Morgan fingerprint density at radius 1 is 1.50 bits per heavy atom. The van der Waals surface area contributed by atoms with Gasteiger partial charge in [-0.15, -0.1) is 0 Å². The zero-order valence-corrected chi connectivity index (χ0v) is 9.82. The molecule has 0 aliphatic heterocycles. The molecule has 0 fully saturated rings. The third kappa shape index (κ3) is 2.66. The van der Waals surface area contributed by atoms with Gasteiger partial charge >= 0.3 is 5.97 Å². The summed E-state index contributed by atoms with van der Waals surface area (Å²) in [6, 6.07) is 5.29. The molecule has 0 heterocycles. The van der Waals surface area contributed by atoms with Crippen LogP contribution in [0.5, 0.6) is 5.75 Å². The number of carbonyl (C=O) groups is 1. The predicted molar refractivity (Wildman–Crippen MR) is 62.5 cm³/mol. The fraction of sp³-hybridized carbons (Fsp3) is 0.417. The van der Waals surface area contributed by atoms with Crippen LogP contribution in [-0.4, -0.2) is 19.7 Å². The Bertz CT molecular complexity index is 377. The van der Waals surface area contributed by atoms with Crippen molar-refractivity contribution in [3.63, 3.8) is 0 Å². The van der Waals surface area contributed by atoms with Crippen molar-refractivity contribution in [2.45, 2.75) is 19.8 Å². The summed E-state index contributed by atoms with van der Waals surface area (Å²) in [7, 11) is 1.55. The van der Waals surface area contributed by atoms with Crippen LogP contribution < -0.4 is 10.5 Å². The molecule has 4 heteroatoms. The Labute approximate surface area is 95.3 Å². The van der Waals surface area contributed by atoms with Gasteiger partial charge in [0, 0.05) is 0 Å². The van der Waals surface area contributed by atoms with Crippen molar-refractivity contribution in [2.24, 2.45) is 0 Å². The van der Waals surface area contributed by atoms with Crippen LogP contribution in [-0.2, 0) is 9.53 Å². The van der Waals surface area contributed by atoms with Gasteiger partial charge in [0.1, 0.15) is 5.75 Å². The van der Waals surface area contributed by atoms with E-state index in [2.05, 4.69) is 0 Å². The lowest BCUT2D eigenvalue weighted by Gasteiger charge is -2.12. The van der Waals surface area contributed by atoms with E-state index in [1.54, 1.807) is 39.2 Å². The Hall–Kier alpha value is -1.71. The van der Waals surface area contributed by atoms with E-state index in [1.807, 2.05) is 0 Å². The van der Waals surface area contributed by atoms with Gasteiger partial charge in [-0.05, 0) is 31.5 Å². The van der Waals surface area contributed by atoms with Crippen LogP contribution >= 0.6 is 0 Å². The molecule has 0 aromatic heterocycles. The van der Waals surface area contributed by atoms with Crippen LogP contribution in [0.15, 0.2) is 18.2 Å². The number of hydrogen-bond acceptors (Lipinski definition) is 4. The Balaban J connectivity index is 2.91. The summed E-state index contributed by atoms with van der Waals surface area (Å²) in [6.45, 7) is 3.96. The smallest absolute Gasteiger partial charge is 0.313 e. The first-order chi connectivity index (χ1) is 7.60. The van der Waals surface area contributed by atoms with E-state index in [-0.39, 0.29) is 11.9 Å². The molecule has 1 aromatic carbocycles. The number of hydrogen-bond donors (Lipinski definition) is 1. The maximum atomic E-state index is 11.5. The largest absolute Gasteiger partial charge is 0.495 e. The number of methoxy groups -OCH3 is 1. The van der Waals surface area contributed by atoms with Crippen molar-refractivity contribution in [2.75, 3.05) is 19.5 Å². The summed E-state index contributed by atoms with van der Waals surface area (Å²) in [5, 5.41) is 0. The van der Waals surface area contributed by atoms with Gasteiger partial charge < -0.3 is 15.2 Å². The molecule has 0 spiro atoms. The van der Waals surface area contributed by atoms with Crippen LogP contribution in [0, 0.1) is 0 Å². The first-order valence-electron chi connectivity index (χ1n) is 5.20. The highest BCUT2D eigenvalue weighted by atomic mass is 16.5. The van der Waals surface area contributed by atoms with Crippen molar-refractivity contribution >= 4 is 11.7 Å². The fourth-order valence-corrected chi connectivity index (χ4v) is 1.40. The molecule has 1 rings (SSSR count). The molecule has 4 nitrogen and oxygen atoms in total. The van der Waals surface area contributed by atoms with E-state index in [1.165, 1.54) is 0 Å². The van der Waals surface area contributed by atoms with Crippen LogP contribution in [0.1, 0.15) is 25.3 Å². The molecule has 1 aromatic rings. The summed E-state index contributed by atoms with van der Waals surface area (Å²) in [5.74, 6) is 0.0254. The topological polar surface area (TPSA) is 61.5 Å². The van der Waals surface area contributed by atoms with Gasteiger partial charge in [-0.2, -0.15) is 0 Å². The Morgan fingerprint density at radius 3 is 2.75 bits per heavy atom. The number of esters is 1. The zero-order chi connectivity index (χ0) is 12.1. The molecule has 0 unspecified atom stereocenters. The van der Waals surface area contributed by atoms with Crippen LogP contribution in [0.25, 0.3) is 0 Å². The Kier molecular flexibility index (Phi) is 4.17. The quantitative estimate of drug-likeness (QED) is 0.626. The second-order valence-electron chi connectivity index (χ2n) is 3.48. The van der Waals surface area contributed by atoms with E-state index in [4.69, 9.17) is 15.2 Å². The number of benzene rings is 1. The zero-order valence-electron chi connectivity index (χ0n) is 9.82. The average Bonchev–Trinajstić information content (AvgIpc) is 2.29. The van der Waals surface area contributed by atoms with Crippen LogP contribution in [0.3, 0.4) is 0 Å². The van der Waals surface area contributed by atoms with Gasteiger partial charge in [0.2, 0.25) is 0 Å². The normalized spacial score (nSPS) is 11.9. The summed E-state index contributed by atoms with van der Waals surface area (Å²) in [4.78, 5) is 11.5. The number of carbonyl (C=O) groups excluding carboxylic acids is 1. The molecule has 16 heavy (non-hydrogen) atoms. The number of nitrogen functional groups attached to an aromatic ring is 1. The van der Waals surface area contributed by atoms with Crippen molar-refractivity contribution in [1.82, 2.24) is 0 Å². The van der Waals surface area contributed by atoms with Gasteiger partial charge in [-0.1, -0.05) is 6.07 Å². The molecule has 0 aliphatic carbocycles. The SMILES string of the molecule is CCOC(=O)[C@H](C)c1ccc(N)c(OC)c1. The van der Waals surface area contributed by atoms with Gasteiger partial charge in [0.15, 0.2) is 0 Å². The maximum Gasteiger partial charge on any atom is 0.313 e. The van der Waals surface area contributed by atoms with Gasteiger partial charge in [0.05, 0.1) is 25.3 Å². The average molecular weight is 223 g/mol. The van der Waals surface area contributed by atoms with E-state index in [0.717, 1.165) is 5.56 Å². The molecular formula is C12H17NO3. The van der Waals surface area contributed by atoms with Crippen molar-refractivity contribution in [1.29, 1.82) is 0 Å². The highest BCUT2D eigenvalue weighted by Gasteiger charge is 2.17. The maximum absolute atomic E-state index is 11.5. The third-order valence-corrected chi connectivity index (χ3v) is 2.40. The Morgan fingerprint density at radius 2 is 2.19 bits per heavy atom. The second-order valence-corrected chi connectivity index (χ2v) is 3.48. The monoisotopic (exact) mass is 223 g/mol. The van der Waals surface area contributed by atoms with E-state index in [0.29, 0.717) is 18.0 Å². The molecule has 88 valence electrons. The minimum absolute atomic E-state index is 0.241. The highest BCUT2D eigenvalue weighted by Crippen LogP contribution is 2.27. The van der Waals surface area contributed by atoms with Gasteiger partial charge in [-0.3, -0.25) is 4.79 Å². The second kappa shape index (κ2) is 5.39. The molecule has 1 atom stereocenters. The third-order valence-electron chi connectivity index (χ3n) is 2.40. The predicted octanol–water partition coefficient (Wildman–Crippen LogP) is 1.94. The molecule has 0 aliphatic rings. The molecule has 0 bridgehead atoms. The van der Waals surface area contributed by atoms with Crippen LogP contribution in [0.2, 0.25) is 0 Å². The van der Waals surface area contributed by atoms with Crippen LogP contribution in [0.4, 0.5) is 5.69 Å². The number of rotatable bonds is 4. The highest BCUT2D eigenvalue weighted by molar-refractivity contribution is 5.78. The number of nitrogens with two attached hydrogens (primary N) is 1.